The van der Waals surface area contributed by atoms with Crippen LogP contribution in [0.5, 0.6) is 0 Å². The lowest BCUT2D eigenvalue weighted by Crippen LogP contribution is -2.22. The zero-order valence-electron chi connectivity index (χ0n) is 8.08. The van der Waals surface area contributed by atoms with Crippen molar-refractivity contribution >= 4 is 5.91 Å². The van der Waals surface area contributed by atoms with E-state index in [0.717, 1.165) is 0 Å². The van der Waals surface area contributed by atoms with Crippen LogP contribution in [0, 0.1) is 10.1 Å². The van der Waals surface area contributed by atoms with Crippen LogP contribution in [0.1, 0.15) is 17.3 Å². The fourth-order valence-corrected chi connectivity index (χ4v) is 0.760. The molecule has 7 heteroatoms. The van der Waals surface area contributed by atoms with Gasteiger partial charge in [-0.1, -0.05) is 0 Å². The molecule has 1 amide bonds. The summed E-state index contributed by atoms with van der Waals surface area (Å²) < 4.78 is 0. The molecule has 0 aliphatic heterocycles. The third-order valence-electron chi connectivity index (χ3n) is 1.26. The van der Waals surface area contributed by atoms with Crippen molar-refractivity contribution in [3.8, 4) is 0 Å². The molecule has 0 aromatic carbocycles. The molecule has 15 heavy (non-hydrogen) atoms. The van der Waals surface area contributed by atoms with E-state index in [1.807, 2.05) is 6.92 Å². The predicted octanol–water partition coefficient (Wildman–Crippen LogP) is 0.484. The first-order chi connectivity index (χ1) is 7.07. The van der Waals surface area contributed by atoms with E-state index in [1.165, 1.54) is 0 Å². The minimum atomic E-state index is -1.50. The molecule has 82 valence electrons. The Morgan fingerprint density at radius 3 is 2.73 bits per heavy atom. The van der Waals surface area contributed by atoms with E-state index in [1.54, 1.807) is 24.5 Å². The highest BCUT2D eigenvalue weighted by Crippen LogP contribution is 1.93. The van der Waals surface area contributed by atoms with Crippen LogP contribution in [0.4, 0.5) is 0 Å². The van der Waals surface area contributed by atoms with Crippen molar-refractivity contribution in [2.45, 2.75) is 6.92 Å². The van der Waals surface area contributed by atoms with E-state index in [0.29, 0.717) is 12.1 Å². The predicted molar refractivity (Wildman–Crippen MR) is 51.0 cm³/mol. The van der Waals surface area contributed by atoms with Crippen LogP contribution in [-0.2, 0) is 0 Å². The van der Waals surface area contributed by atoms with Crippen LogP contribution in [0.25, 0.3) is 0 Å². The summed E-state index contributed by atoms with van der Waals surface area (Å²) in [6.07, 6.45) is 3.19. The first kappa shape index (κ1) is 12.8. The fourth-order valence-electron chi connectivity index (χ4n) is 0.760. The van der Waals surface area contributed by atoms with Gasteiger partial charge in [-0.05, 0) is 19.1 Å². The second-order valence-electron chi connectivity index (χ2n) is 2.34. The highest BCUT2D eigenvalue weighted by atomic mass is 16.9. The quantitative estimate of drug-likeness (QED) is 0.549. The summed E-state index contributed by atoms with van der Waals surface area (Å²) >= 11 is 0. The summed E-state index contributed by atoms with van der Waals surface area (Å²) in [6, 6.07) is 3.47. The molecule has 1 rings (SSSR count). The van der Waals surface area contributed by atoms with Crippen molar-refractivity contribution in [2.24, 2.45) is 0 Å². The Morgan fingerprint density at radius 1 is 1.73 bits per heavy atom. The number of carbonyl (C=O) groups is 1. The Bertz CT molecular complexity index is 311. The molecular formula is C8H11N3O4. The minimum Gasteiger partial charge on any atom is -0.352 e. The topological polar surface area (TPSA) is 105 Å². The standard InChI is InChI=1S/C8H10N2O.HNO3/c1-2-10-8(11)7-4-3-5-9-6-7;2-1(3)4/h3-6H,2H2,1H3,(H,10,11);(H,2,3,4). The molecule has 1 aromatic rings. The molecule has 1 heterocycles. The van der Waals surface area contributed by atoms with Crippen LogP contribution < -0.4 is 5.32 Å². The maximum absolute atomic E-state index is 11.1. The van der Waals surface area contributed by atoms with Gasteiger partial charge in [0.2, 0.25) is 0 Å². The Labute approximate surface area is 85.9 Å². The summed E-state index contributed by atoms with van der Waals surface area (Å²) in [5, 5.41) is 16.3. The second kappa shape index (κ2) is 7.25. The molecule has 0 spiro atoms. The molecule has 0 unspecified atom stereocenters. The first-order valence-corrected chi connectivity index (χ1v) is 4.09. The number of nitrogens with one attached hydrogen (secondary N) is 1. The van der Waals surface area contributed by atoms with Gasteiger partial charge < -0.3 is 10.5 Å². The van der Waals surface area contributed by atoms with Crippen LogP contribution in [0.3, 0.4) is 0 Å². The van der Waals surface area contributed by atoms with Gasteiger partial charge in [-0.25, -0.2) is 0 Å². The van der Waals surface area contributed by atoms with Gasteiger partial charge in [-0.15, -0.1) is 10.1 Å². The molecule has 0 radical (unpaired) electrons. The summed E-state index contributed by atoms with van der Waals surface area (Å²) in [4.78, 5) is 23.3. The van der Waals surface area contributed by atoms with E-state index in [4.69, 9.17) is 15.3 Å². The van der Waals surface area contributed by atoms with Gasteiger partial charge >= 0.3 is 0 Å². The average Bonchev–Trinajstić information content (AvgIpc) is 2.19. The van der Waals surface area contributed by atoms with Gasteiger partial charge in [0, 0.05) is 18.9 Å². The van der Waals surface area contributed by atoms with Crippen molar-refractivity contribution < 1.29 is 15.1 Å². The van der Waals surface area contributed by atoms with E-state index in [-0.39, 0.29) is 5.91 Å². The van der Waals surface area contributed by atoms with Gasteiger partial charge in [0.1, 0.15) is 0 Å². The minimum absolute atomic E-state index is 0.0689. The second-order valence-corrected chi connectivity index (χ2v) is 2.34. The number of nitrogens with zero attached hydrogens (tertiary/aromatic N) is 2. The number of hydrogen-bond donors (Lipinski definition) is 2. The number of rotatable bonds is 2. The maximum Gasteiger partial charge on any atom is 0.291 e. The monoisotopic (exact) mass is 213 g/mol. The molecule has 2 N–H and O–H groups in total. The highest BCUT2D eigenvalue weighted by Gasteiger charge is 2.00. The maximum atomic E-state index is 11.1. The largest absolute Gasteiger partial charge is 0.352 e. The molecule has 0 atom stereocenters. The Hall–Kier alpha value is -2.18. The highest BCUT2D eigenvalue weighted by molar-refractivity contribution is 5.93. The van der Waals surface area contributed by atoms with Gasteiger partial charge in [-0.2, -0.15) is 0 Å². The summed E-state index contributed by atoms with van der Waals surface area (Å²) in [5.74, 6) is -0.0689. The third kappa shape index (κ3) is 6.94. The lowest BCUT2D eigenvalue weighted by Gasteiger charge is -1.99. The molecule has 0 bridgehead atoms. The van der Waals surface area contributed by atoms with Crippen LogP contribution in [-0.4, -0.2) is 27.7 Å². The molecule has 0 aliphatic carbocycles. The molecule has 0 aliphatic rings. The van der Waals surface area contributed by atoms with Gasteiger partial charge in [0.05, 0.1) is 5.56 Å². The van der Waals surface area contributed by atoms with Crippen LogP contribution in [0.15, 0.2) is 24.5 Å². The number of pyridine rings is 1. The molecular weight excluding hydrogens is 202 g/mol. The molecule has 0 saturated carbocycles. The number of carbonyl (C=O) groups excluding carboxylic acids is 1. The molecule has 7 nitrogen and oxygen atoms in total. The first-order valence-electron chi connectivity index (χ1n) is 4.09. The Kier molecular flexibility index (Phi) is 6.19. The van der Waals surface area contributed by atoms with E-state index in [9.17, 15) is 4.79 Å². The van der Waals surface area contributed by atoms with Crippen LogP contribution in [0.2, 0.25) is 0 Å². The molecule has 1 aromatic heterocycles. The smallest absolute Gasteiger partial charge is 0.291 e. The van der Waals surface area contributed by atoms with Crippen molar-refractivity contribution in [3.05, 3.63) is 40.2 Å². The summed E-state index contributed by atoms with van der Waals surface area (Å²) in [7, 11) is 0. The SMILES string of the molecule is CCNC(=O)c1cccnc1.O=[N+]([O-])O. The summed E-state index contributed by atoms with van der Waals surface area (Å²) in [5.41, 5.74) is 0.606. The van der Waals surface area contributed by atoms with E-state index >= 15 is 0 Å². The zero-order chi connectivity index (χ0) is 11.7. The van der Waals surface area contributed by atoms with Gasteiger partial charge in [0.15, 0.2) is 0 Å². The average molecular weight is 213 g/mol. The molecule has 0 saturated heterocycles. The van der Waals surface area contributed by atoms with E-state index in [2.05, 4.69) is 10.3 Å². The number of amides is 1. The van der Waals surface area contributed by atoms with Gasteiger partial charge in [0.25, 0.3) is 11.0 Å². The lowest BCUT2D eigenvalue weighted by atomic mass is 10.3. The number of hydrogen-bond acceptors (Lipinski definition) is 4. The van der Waals surface area contributed by atoms with Gasteiger partial charge in [-0.3, -0.25) is 9.78 Å². The lowest BCUT2D eigenvalue weighted by molar-refractivity contribution is -0.742. The van der Waals surface area contributed by atoms with Crippen molar-refractivity contribution in [1.82, 2.24) is 10.3 Å². The summed E-state index contributed by atoms with van der Waals surface area (Å²) in [6.45, 7) is 2.53. The zero-order valence-corrected chi connectivity index (χ0v) is 8.08. The number of aromatic nitrogens is 1. The van der Waals surface area contributed by atoms with Crippen molar-refractivity contribution in [2.75, 3.05) is 6.54 Å². The Morgan fingerprint density at radius 2 is 2.33 bits per heavy atom. The normalized spacial score (nSPS) is 8.33. The van der Waals surface area contributed by atoms with Crippen molar-refractivity contribution in [1.29, 1.82) is 0 Å². The fraction of sp³-hybridized carbons (Fsp3) is 0.250. The molecule has 0 fully saturated rings. The Balaban J connectivity index is 0.000000423. The van der Waals surface area contributed by atoms with Crippen LogP contribution >= 0.6 is 0 Å². The van der Waals surface area contributed by atoms with Crippen molar-refractivity contribution in [3.63, 3.8) is 0 Å². The third-order valence-corrected chi connectivity index (χ3v) is 1.26. The van der Waals surface area contributed by atoms with E-state index < -0.39 is 5.09 Å².